The zero-order valence-electron chi connectivity index (χ0n) is 16.1. The van der Waals surface area contributed by atoms with E-state index >= 15 is 0 Å². The van der Waals surface area contributed by atoms with E-state index in [9.17, 15) is 4.79 Å². The van der Waals surface area contributed by atoms with Crippen LogP contribution in [-0.4, -0.2) is 46.0 Å². The lowest BCUT2D eigenvalue weighted by molar-refractivity contribution is 0.185. The van der Waals surface area contributed by atoms with Gasteiger partial charge in [-0.05, 0) is 36.8 Å². The van der Waals surface area contributed by atoms with Crippen LogP contribution in [0.5, 0.6) is 0 Å². The van der Waals surface area contributed by atoms with Gasteiger partial charge >= 0.3 is 6.03 Å². The van der Waals surface area contributed by atoms with E-state index in [1.54, 1.807) is 24.3 Å². The van der Waals surface area contributed by atoms with E-state index in [-0.39, 0.29) is 12.1 Å². The number of rotatable bonds is 4. The first-order chi connectivity index (χ1) is 14.1. The summed E-state index contributed by atoms with van der Waals surface area (Å²) in [6, 6.07) is 17.3. The predicted molar refractivity (Wildman–Crippen MR) is 118 cm³/mol. The highest BCUT2D eigenvalue weighted by atomic mass is 35.5. The first-order valence-corrected chi connectivity index (χ1v) is 10.7. The Balaban J connectivity index is 1.35. The molecule has 0 radical (unpaired) electrons. The molecule has 150 valence electrons. The van der Waals surface area contributed by atoms with E-state index in [1.807, 2.05) is 23.1 Å². The summed E-state index contributed by atoms with van der Waals surface area (Å²) < 4.78 is 4.51. The SMILES string of the molecule is CC1CN(c2nc(Cc3ccccc3)ns2)CCN1C(=O)Nc1ccc(Cl)cc1. The number of amides is 2. The average Bonchev–Trinajstić information content (AvgIpc) is 3.19. The number of hydrogen-bond acceptors (Lipinski definition) is 5. The van der Waals surface area contributed by atoms with Crippen LogP contribution in [0.4, 0.5) is 15.6 Å². The van der Waals surface area contributed by atoms with E-state index < -0.39 is 0 Å². The first kappa shape index (κ1) is 19.7. The second-order valence-corrected chi connectivity index (χ2v) is 8.25. The summed E-state index contributed by atoms with van der Waals surface area (Å²) in [5, 5.41) is 4.50. The van der Waals surface area contributed by atoms with Crippen molar-refractivity contribution in [3.63, 3.8) is 0 Å². The van der Waals surface area contributed by atoms with Crippen LogP contribution in [0, 0.1) is 0 Å². The Morgan fingerprint density at radius 3 is 2.66 bits per heavy atom. The molecule has 2 amide bonds. The molecule has 4 rings (SSSR count). The number of urea groups is 1. The first-order valence-electron chi connectivity index (χ1n) is 9.53. The minimum Gasteiger partial charge on any atom is -0.343 e. The number of carbonyl (C=O) groups is 1. The maximum absolute atomic E-state index is 12.7. The second kappa shape index (κ2) is 8.80. The Labute approximate surface area is 179 Å². The maximum atomic E-state index is 12.7. The van der Waals surface area contributed by atoms with Gasteiger partial charge in [-0.2, -0.15) is 4.37 Å². The highest BCUT2D eigenvalue weighted by Gasteiger charge is 2.29. The fourth-order valence-corrected chi connectivity index (χ4v) is 4.23. The molecule has 0 saturated carbocycles. The van der Waals surface area contributed by atoms with Gasteiger partial charge < -0.3 is 15.1 Å². The number of benzene rings is 2. The molecule has 0 bridgehead atoms. The fourth-order valence-electron chi connectivity index (χ4n) is 3.38. The van der Waals surface area contributed by atoms with Gasteiger partial charge in [0.2, 0.25) is 5.13 Å². The van der Waals surface area contributed by atoms with Crippen molar-refractivity contribution in [2.45, 2.75) is 19.4 Å². The van der Waals surface area contributed by atoms with E-state index in [4.69, 9.17) is 16.6 Å². The zero-order valence-corrected chi connectivity index (χ0v) is 17.7. The molecule has 1 aliphatic rings. The van der Waals surface area contributed by atoms with E-state index in [0.717, 1.165) is 36.2 Å². The number of nitrogens with zero attached hydrogens (tertiary/aromatic N) is 4. The molecular formula is C21H22ClN5OS. The van der Waals surface area contributed by atoms with Crippen molar-refractivity contribution in [3.05, 3.63) is 71.0 Å². The van der Waals surface area contributed by atoms with Gasteiger partial charge in [-0.15, -0.1) is 0 Å². The summed E-state index contributed by atoms with van der Waals surface area (Å²) >= 11 is 7.33. The molecule has 0 aliphatic carbocycles. The zero-order chi connectivity index (χ0) is 20.2. The molecule has 1 fully saturated rings. The Morgan fingerprint density at radius 1 is 1.17 bits per heavy atom. The summed E-state index contributed by atoms with van der Waals surface area (Å²) in [5.74, 6) is 0.840. The average molecular weight is 428 g/mol. The second-order valence-electron chi connectivity index (χ2n) is 7.08. The Kier molecular flexibility index (Phi) is 5.97. The normalized spacial score (nSPS) is 16.7. The minimum atomic E-state index is -0.0958. The molecule has 1 saturated heterocycles. The summed E-state index contributed by atoms with van der Waals surface area (Å²) in [4.78, 5) is 21.4. The topological polar surface area (TPSA) is 61.4 Å². The summed E-state index contributed by atoms with van der Waals surface area (Å²) in [6.45, 7) is 4.15. The molecule has 6 nitrogen and oxygen atoms in total. The van der Waals surface area contributed by atoms with Gasteiger partial charge in [0.1, 0.15) is 5.82 Å². The Hall–Kier alpha value is -2.64. The molecule has 1 atom stereocenters. The van der Waals surface area contributed by atoms with Crippen molar-refractivity contribution in [1.29, 1.82) is 0 Å². The molecule has 8 heteroatoms. The van der Waals surface area contributed by atoms with Crippen LogP contribution < -0.4 is 10.2 Å². The standard InChI is InChI=1S/C21H22ClN5OS/c1-15-14-26(21-24-19(25-29-21)13-16-5-3-2-4-6-16)11-12-27(15)20(28)23-18-9-7-17(22)8-10-18/h2-10,15H,11-14H2,1H3,(H,23,28). The molecular weight excluding hydrogens is 406 g/mol. The Morgan fingerprint density at radius 2 is 1.93 bits per heavy atom. The van der Waals surface area contributed by atoms with Gasteiger partial charge in [-0.1, -0.05) is 41.9 Å². The summed E-state index contributed by atoms with van der Waals surface area (Å²) in [7, 11) is 0. The number of anilines is 2. The minimum absolute atomic E-state index is 0.0672. The largest absolute Gasteiger partial charge is 0.343 e. The van der Waals surface area contributed by atoms with Crippen molar-refractivity contribution in [3.8, 4) is 0 Å². The van der Waals surface area contributed by atoms with Crippen LogP contribution in [0.25, 0.3) is 0 Å². The molecule has 2 aromatic carbocycles. The number of piperazine rings is 1. The number of aromatic nitrogens is 2. The van der Waals surface area contributed by atoms with Crippen molar-refractivity contribution < 1.29 is 4.79 Å². The molecule has 1 aliphatic heterocycles. The van der Waals surface area contributed by atoms with E-state index in [1.165, 1.54) is 17.1 Å². The smallest absolute Gasteiger partial charge is 0.322 e. The highest BCUT2D eigenvalue weighted by Crippen LogP contribution is 2.23. The summed E-state index contributed by atoms with van der Waals surface area (Å²) in [5.41, 5.74) is 1.94. The third-order valence-electron chi connectivity index (χ3n) is 4.92. The van der Waals surface area contributed by atoms with Gasteiger partial charge in [-0.3, -0.25) is 0 Å². The lowest BCUT2D eigenvalue weighted by atomic mass is 10.1. The molecule has 1 N–H and O–H groups in total. The van der Waals surface area contributed by atoms with Gasteiger partial charge in [-0.25, -0.2) is 9.78 Å². The number of halogens is 1. The van der Waals surface area contributed by atoms with Gasteiger partial charge in [0.15, 0.2) is 0 Å². The molecule has 29 heavy (non-hydrogen) atoms. The van der Waals surface area contributed by atoms with Crippen LogP contribution in [0.15, 0.2) is 54.6 Å². The van der Waals surface area contributed by atoms with Gasteiger partial charge in [0.25, 0.3) is 0 Å². The van der Waals surface area contributed by atoms with Crippen LogP contribution in [0.1, 0.15) is 18.3 Å². The van der Waals surface area contributed by atoms with Gasteiger partial charge in [0, 0.05) is 54.3 Å². The maximum Gasteiger partial charge on any atom is 0.322 e. The highest BCUT2D eigenvalue weighted by molar-refractivity contribution is 7.09. The lowest BCUT2D eigenvalue weighted by Gasteiger charge is -2.39. The molecule has 1 unspecified atom stereocenters. The lowest BCUT2D eigenvalue weighted by Crippen LogP contribution is -2.55. The monoisotopic (exact) mass is 427 g/mol. The summed E-state index contributed by atoms with van der Waals surface area (Å²) in [6.07, 6.45) is 0.732. The fraction of sp³-hybridized carbons (Fsp3) is 0.286. The number of carbonyl (C=O) groups excluding carboxylic acids is 1. The van der Waals surface area contributed by atoms with Crippen molar-refractivity contribution in [2.24, 2.45) is 0 Å². The molecule has 1 aromatic heterocycles. The van der Waals surface area contributed by atoms with Crippen LogP contribution in [-0.2, 0) is 6.42 Å². The predicted octanol–water partition coefficient (Wildman–Crippen LogP) is 4.52. The van der Waals surface area contributed by atoms with Crippen LogP contribution in [0.3, 0.4) is 0 Å². The third-order valence-corrected chi connectivity index (χ3v) is 5.98. The van der Waals surface area contributed by atoms with E-state index in [2.05, 4.69) is 33.6 Å². The molecule has 3 aromatic rings. The quantitative estimate of drug-likeness (QED) is 0.664. The molecule has 0 spiro atoms. The van der Waals surface area contributed by atoms with E-state index in [0.29, 0.717) is 11.6 Å². The van der Waals surface area contributed by atoms with Crippen molar-refractivity contribution >= 4 is 40.0 Å². The van der Waals surface area contributed by atoms with Crippen LogP contribution >= 0.6 is 23.1 Å². The Bertz CT molecular complexity index is 963. The van der Waals surface area contributed by atoms with Crippen molar-refractivity contribution in [2.75, 3.05) is 29.9 Å². The molecule has 2 heterocycles. The van der Waals surface area contributed by atoms with Gasteiger partial charge in [0.05, 0.1) is 0 Å². The number of hydrogen-bond donors (Lipinski definition) is 1. The number of nitrogens with one attached hydrogen (secondary N) is 1. The van der Waals surface area contributed by atoms with Crippen molar-refractivity contribution in [1.82, 2.24) is 14.3 Å². The third kappa shape index (κ3) is 4.86. The van der Waals surface area contributed by atoms with Crippen LogP contribution in [0.2, 0.25) is 5.02 Å².